The Morgan fingerprint density at radius 3 is 2.38 bits per heavy atom. The maximum absolute atomic E-state index is 4.56. The van der Waals surface area contributed by atoms with Crippen LogP contribution in [0.5, 0.6) is 0 Å². The minimum atomic E-state index is 0.570. The fourth-order valence-electron chi connectivity index (χ4n) is 3.87. The summed E-state index contributed by atoms with van der Waals surface area (Å²) in [6, 6.07) is 0. The monoisotopic (exact) mass is 331 g/mol. The summed E-state index contributed by atoms with van der Waals surface area (Å²) >= 11 is 0. The molecule has 2 aliphatic rings. The van der Waals surface area contributed by atoms with Crippen molar-refractivity contribution in [2.45, 2.75) is 58.4 Å². The van der Waals surface area contributed by atoms with E-state index in [0.29, 0.717) is 5.92 Å². The SMILES string of the molecule is CC(C)=CCN1CCC(c2nnc(CN3CCCCC3)n2C)CC1. The molecule has 24 heavy (non-hydrogen) atoms. The fraction of sp³-hybridized carbons (Fsp3) is 0.789. The first-order valence-corrected chi connectivity index (χ1v) is 9.59. The third kappa shape index (κ3) is 4.45. The van der Waals surface area contributed by atoms with Crippen LogP contribution >= 0.6 is 0 Å². The molecule has 1 aromatic rings. The van der Waals surface area contributed by atoms with Gasteiger partial charge in [-0.2, -0.15) is 0 Å². The minimum Gasteiger partial charge on any atom is -0.317 e. The number of aromatic nitrogens is 3. The number of allylic oxidation sites excluding steroid dienone is 1. The second kappa shape index (κ2) is 8.26. The quantitative estimate of drug-likeness (QED) is 0.778. The fourth-order valence-corrected chi connectivity index (χ4v) is 3.87. The Balaban J connectivity index is 1.55. The summed E-state index contributed by atoms with van der Waals surface area (Å²) in [7, 11) is 2.16. The van der Waals surface area contributed by atoms with Crippen molar-refractivity contribution >= 4 is 0 Å². The van der Waals surface area contributed by atoms with Crippen molar-refractivity contribution in [2.75, 3.05) is 32.7 Å². The molecule has 5 heteroatoms. The predicted octanol–water partition coefficient (Wildman–Crippen LogP) is 2.95. The van der Waals surface area contributed by atoms with Crippen molar-refractivity contribution in [1.29, 1.82) is 0 Å². The molecule has 0 atom stereocenters. The number of likely N-dealkylation sites (tertiary alicyclic amines) is 2. The molecule has 0 bridgehead atoms. The van der Waals surface area contributed by atoms with Crippen molar-refractivity contribution in [3.63, 3.8) is 0 Å². The van der Waals surface area contributed by atoms with Crippen LogP contribution in [0.2, 0.25) is 0 Å². The summed E-state index contributed by atoms with van der Waals surface area (Å²) in [6.45, 7) is 11.2. The lowest BCUT2D eigenvalue weighted by molar-refractivity contribution is 0.212. The highest BCUT2D eigenvalue weighted by molar-refractivity contribution is 5.04. The van der Waals surface area contributed by atoms with Crippen LogP contribution in [-0.2, 0) is 13.6 Å². The zero-order chi connectivity index (χ0) is 16.9. The average molecular weight is 332 g/mol. The summed E-state index contributed by atoms with van der Waals surface area (Å²) in [5.74, 6) is 2.91. The highest BCUT2D eigenvalue weighted by atomic mass is 15.3. The Kier molecular flexibility index (Phi) is 6.06. The molecule has 2 fully saturated rings. The van der Waals surface area contributed by atoms with Crippen LogP contribution in [0.4, 0.5) is 0 Å². The average Bonchev–Trinajstić information content (AvgIpc) is 2.95. The number of hydrogen-bond acceptors (Lipinski definition) is 4. The maximum Gasteiger partial charge on any atom is 0.146 e. The van der Waals surface area contributed by atoms with E-state index in [1.165, 1.54) is 69.7 Å². The van der Waals surface area contributed by atoms with E-state index in [-0.39, 0.29) is 0 Å². The molecule has 5 nitrogen and oxygen atoms in total. The highest BCUT2D eigenvalue weighted by Crippen LogP contribution is 2.27. The molecule has 2 aliphatic heterocycles. The van der Waals surface area contributed by atoms with E-state index in [4.69, 9.17) is 0 Å². The molecule has 0 radical (unpaired) electrons. The molecule has 0 amide bonds. The van der Waals surface area contributed by atoms with Crippen LogP contribution in [0, 0.1) is 0 Å². The van der Waals surface area contributed by atoms with Crippen molar-refractivity contribution in [3.05, 3.63) is 23.3 Å². The van der Waals surface area contributed by atoms with E-state index < -0.39 is 0 Å². The second-order valence-electron chi connectivity index (χ2n) is 7.73. The van der Waals surface area contributed by atoms with Gasteiger partial charge in [0.15, 0.2) is 0 Å². The maximum atomic E-state index is 4.56. The lowest BCUT2D eigenvalue weighted by atomic mass is 9.96. The van der Waals surface area contributed by atoms with Gasteiger partial charge in [0.2, 0.25) is 0 Å². The van der Waals surface area contributed by atoms with Gasteiger partial charge in [-0.1, -0.05) is 18.1 Å². The lowest BCUT2D eigenvalue weighted by Crippen LogP contribution is -2.34. The Morgan fingerprint density at radius 1 is 1.00 bits per heavy atom. The van der Waals surface area contributed by atoms with Gasteiger partial charge in [0.1, 0.15) is 11.6 Å². The van der Waals surface area contributed by atoms with Crippen LogP contribution in [0.1, 0.15) is 63.5 Å². The molecule has 0 unspecified atom stereocenters. The Labute approximate surface area is 146 Å². The van der Waals surface area contributed by atoms with E-state index in [1.807, 2.05) is 0 Å². The van der Waals surface area contributed by atoms with E-state index in [0.717, 1.165) is 18.9 Å². The predicted molar refractivity (Wildman–Crippen MR) is 98.0 cm³/mol. The van der Waals surface area contributed by atoms with E-state index in [1.54, 1.807) is 0 Å². The molecule has 134 valence electrons. The first-order chi connectivity index (χ1) is 11.6. The van der Waals surface area contributed by atoms with E-state index >= 15 is 0 Å². The molecule has 3 heterocycles. The van der Waals surface area contributed by atoms with Crippen LogP contribution in [-0.4, -0.2) is 57.3 Å². The third-order valence-electron chi connectivity index (χ3n) is 5.52. The largest absolute Gasteiger partial charge is 0.317 e. The normalized spacial score (nSPS) is 21.1. The van der Waals surface area contributed by atoms with Crippen LogP contribution in [0.25, 0.3) is 0 Å². The zero-order valence-corrected chi connectivity index (χ0v) is 15.7. The summed E-state index contributed by atoms with van der Waals surface area (Å²) in [5.41, 5.74) is 1.41. The van der Waals surface area contributed by atoms with E-state index in [2.05, 4.69) is 51.5 Å². The van der Waals surface area contributed by atoms with Gasteiger partial charge in [0, 0.05) is 19.5 Å². The lowest BCUT2D eigenvalue weighted by Gasteiger charge is -2.31. The Hall–Kier alpha value is -1.20. The molecular weight excluding hydrogens is 298 g/mol. The van der Waals surface area contributed by atoms with Crippen molar-refractivity contribution in [1.82, 2.24) is 24.6 Å². The highest BCUT2D eigenvalue weighted by Gasteiger charge is 2.25. The van der Waals surface area contributed by atoms with Gasteiger partial charge in [0.05, 0.1) is 6.54 Å². The van der Waals surface area contributed by atoms with Crippen LogP contribution in [0.3, 0.4) is 0 Å². The molecule has 0 aromatic carbocycles. The number of piperidine rings is 2. The topological polar surface area (TPSA) is 37.2 Å². The number of nitrogens with zero attached hydrogens (tertiary/aromatic N) is 5. The summed E-state index contributed by atoms with van der Waals surface area (Å²) in [4.78, 5) is 5.08. The minimum absolute atomic E-state index is 0.570. The molecule has 0 N–H and O–H groups in total. The standard InChI is InChI=1S/C19H33N5/c1-16(2)7-12-23-13-8-17(9-14-23)19-21-20-18(22(19)3)15-24-10-5-4-6-11-24/h7,17H,4-6,8-15H2,1-3H3. The van der Waals surface area contributed by atoms with Gasteiger partial charge in [0.25, 0.3) is 0 Å². The van der Waals surface area contributed by atoms with Crippen LogP contribution in [0.15, 0.2) is 11.6 Å². The van der Waals surface area contributed by atoms with Gasteiger partial charge in [-0.05, 0) is 65.7 Å². The number of hydrogen-bond donors (Lipinski definition) is 0. The molecule has 2 saturated heterocycles. The molecule has 0 aliphatic carbocycles. The molecule has 3 rings (SSSR count). The molecule has 0 spiro atoms. The summed E-state index contributed by atoms with van der Waals surface area (Å²) in [5, 5.41) is 9.07. The first-order valence-electron chi connectivity index (χ1n) is 9.59. The Morgan fingerprint density at radius 2 is 1.71 bits per heavy atom. The van der Waals surface area contributed by atoms with Gasteiger partial charge in [-0.15, -0.1) is 10.2 Å². The second-order valence-corrected chi connectivity index (χ2v) is 7.73. The van der Waals surface area contributed by atoms with Gasteiger partial charge in [-0.3, -0.25) is 9.80 Å². The van der Waals surface area contributed by atoms with Crippen molar-refractivity contribution < 1.29 is 0 Å². The van der Waals surface area contributed by atoms with Crippen molar-refractivity contribution in [3.8, 4) is 0 Å². The van der Waals surface area contributed by atoms with Crippen molar-refractivity contribution in [2.24, 2.45) is 7.05 Å². The first kappa shape index (κ1) is 17.6. The molecule has 1 aromatic heterocycles. The van der Waals surface area contributed by atoms with Crippen LogP contribution < -0.4 is 0 Å². The van der Waals surface area contributed by atoms with Gasteiger partial charge in [-0.25, -0.2) is 0 Å². The molecular formula is C19H33N5. The zero-order valence-electron chi connectivity index (χ0n) is 15.7. The number of rotatable bonds is 5. The van der Waals surface area contributed by atoms with Gasteiger partial charge < -0.3 is 4.57 Å². The summed E-state index contributed by atoms with van der Waals surface area (Å²) in [6.07, 6.45) is 8.77. The van der Waals surface area contributed by atoms with E-state index in [9.17, 15) is 0 Å². The van der Waals surface area contributed by atoms with Gasteiger partial charge >= 0.3 is 0 Å². The molecule has 0 saturated carbocycles. The Bertz CT molecular complexity index is 544. The third-order valence-corrected chi connectivity index (χ3v) is 5.52. The summed E-state index contributed by atoms with van der Waals surface area (Å²) < 4.78 is 2.27. The smallest absolute Gasteiger partial charge is 0.146 e.